The molecular weight excluding hydrogens is 387 g/mol. The van der Waals surface area contributed by atoms with E-state index in [2.05, 4.69) is 11.9 Å². The average Bonchev–Trinajstić information content (AvgIpc) is 2.68. The standard InChI is InChI=1S/C20H16F3N3O3/c1-2-10-25-18(28)15-8-3-4-9-16(15)26(19(25)29)12-17(27)24-14-7-5-6-13(11-14)20(21,22)23/h2-9,11H,1,10,12H2,(H,24,27). The quantitative estimate of drug-likeness (QED) is 0.666. The number of nitrogens with one attached hydrogen (secondary N) is 1. The zero-order chi connectivity index (χ0) is 21.2. The van der Waals surface area contributed by atoms with Gasteiger partial charge in [-0.15, -0.1) is 6.58 Å². The molecule has 9 heteroatoms. The highest BCUT2D eigenvalue weighted by molar-refractivity contribution is 5.91. The van der Waals surface area contributed by atoms with Gasteiger partial charge in [-0.3, -0.25) is 18.7 Å². The molecule has 0 saturated heterocycles. The number of aromatic nitrogens is 2. The van der Waals surface area contributed by atoms with Crippen LogP contribution in [-0.4, -0.2) is 15.0 Å². The Bertz CT molecular complexity index is 1210. The van der Waals surface area contributed by atoms with Gasteiger partial charge in [-0.25, -0.2) is 4.79 Å². The largest absolute Gasteiger partial charge is 0.416 e. The van der Waals surface area contributed by atoms with Crippen molar-refractivity contribution < 1.29 is 18.0 Å². The lowest BCUT2D eigenvalue weighted by Crippen LogP contribution is -2.41. The van der Waals surface area contributed by atoms with Crippen molar-refractivity contribution in [3.8, 4) is 0 Å². The van der Waals surface area contributed by atoms with Crippen LogP contribution >= 0.6 is 0 Å². The molecule has 0 fully saturated rings. The van der Waals surface area contributed by atoms with Crippen molar-refractivity contribution in [1.82, 2.24) is 9.13 Å². The number of allylic oxidation sites excluding steroid dienone is 1. The maximum Gasteiger partial charge on any atom is 0.416 e. The maximum atomic E-state index is 12.8. The summed E-state index contributed by atoms with van der Waals surface area (Å²) in [7, 11) is 0. The molecule has 3 aromatic rings. The van der Waals surface area contributed by atoms with Crippen LogP contribution in [0.15, 0.2) is 70.8 Å². The van der Waals surface area contributed by atoms with Crippen LogP contribution in [0.3, 0.4) is 0 Å². The Morgan fingerprint density at radius 2 is 1.79 bits per heavy atom. The van der Waals surface area contributed by atoms with E-state index in [-0.39, 0.29) is 23.1 Å². The molecule has 1 N–H and O–H groups in total. The van der Waals surface area contributed by atoms with Crippen molar-refractivity contribution in [2.75, 3.05) is 5.32 Å². The average molecular weight is 403 g/mol. The number of benzene rings is 2. The minimum absolute atomic E-state index is 0.0439. The van der Waals surface area contributed by atoms with E-state index in [0.29, 0.717) is 0 Å². The number of rotatable bonds is 5. The van der Waals surface area contributed by atoms with Gasteiger partial charge >= 0.3 is 11.9 Å². The molecule has 0 aliphatic carbocycles. The first-order chi connectivity index (χ1) is 13.7. The van der Waals surface area contributed by atoms with Gasteiger partial charge in [-0.1, -0.05) is 24.3 Å². The Morgan fingerprint density at radius 3 is 2.48 bits per heavy atom. The van der Waals surface area contributed by atoms with Gasteiger partial charge in [-0.2, -0.15) is 13.2 Å². The van der Waals surface area contributed by atoms with Gasteiger partial charge < -0.3 is 5.32 Å². The molecular formula is C20H16F3N3O3. The fraction of sp³-hybridized carbons (Fsp3) is 0.150. The van der Waals surface area contributed by atoms with Gasteiger partial charge in [-0.05, 0) is 30.3 Å². The van der Waals surface area contributed by atoms with Crippen molar-refractivity contribution in [3.63, 3.8) is 0 Å². The van der Waals surface area contributed by atoms with Gasteiger partial charge in [0.05, 0.1) is 16.5 Å². The number of amides is 1. The van der Waals surface area contributed by atoms with Crippen molar-refractivity contribution >= 4 is 22.5 Å². The highest BCUT2D eigenvalue weighted by atomic mass is 19.4. The molecule has 0 atom stereocenters. The topological polar surface area (TPSA) is 73.1 Å². The monoisotopic (exact) mass is 403 g/mol. The summed E-state index contributed by atoms with van der Waals surface area (Å²) in [4.78, 5) is 37.6. The molecule has 29 heavy (non-hydrogen) atoms. The first kappa shape index (κ1) is 20.1. The number of carbonyl (C=O) groups excluding carboxylic acids is 1. The van der Waals surface area contributed by atoms with Gasteiger partial charge in [0.25, 0.3) is 5.56 Å². The van der Waals surface area contributed by atoms with Crippen LogP contribution in [0.1, 0.15) is 5.56 Å². The zero-order valence-corrected chi connectivity index (χ0v) is 15.1. The molecule has 0 aliphatic heterocycles. The summed E-state index contributed by atoms with van der Waals surface area (Å²) in [6, 6.07) is 10.5. The number of hydrogen-bond acceptors (Lipinski definition) is 3. The molecule has 150 valence electrons. The number of alkyl halides is 3. The van der Waals surface area contributed by atoms with Crippen molar-refractivity contribution in [2.45, 2.75) is 19.3 Å². The summed E-state index contributed by atoms with van der Waals surface area (Å²) in [5.74, 6) is -0.708. The zero-order valence-electron chi connectivity index (χ0n) is 15.1. The van der Waals surface area contributed by atoms with Crippen LogP contribution in [0.5, 0.6) is 0 Å². The van der Waals surface area contributed by atoms with E-state index in [1.165, 1.54) is 30.3 Å². The number of para-hydroxylation sites is 1. The first-order valence-corrected chi connectivity index (χ1v) is 8.52. The molecule has 0 spiro atoms. The summed E-state index contributed by atoms with van der Waals surface area (Å²) >= 11 is 0. The normalized spacial score (nSPS) is 11.4. The second-order valence-electron chi connectivity index (χ2n) is 6.22. The number of nitrogens with zero attached hydrogens (tertiary/aromatic N) is 2. The predicted molar refractivity (Wildman–Crippen MR) is 103 cm³/mol. The Labute approximate surface area is 162 Å². The Kier molecular flexibility index (Phi) is 5.40. The molecule has 1 aromatic heterocycles. The molecule has 0 unspecified atom stereocenters. The lowest BCUT2D eigenvalue weighted by Gasteiger charge is -2.14. The first-order valence-electron chi connectivity index (χ1n) is 8.52. The van der Waals surface area contributed by atoms with Crippen LogP contribution in [0.2, 0.25) is 0 Å². The molecule has 6 nitrogen and oxygen atoms in total. The highest BCUT2D eigenvalue weighted by Gasteiger charge is 2.30. The smallest absolute Gasteiger partial charge is 0.325 e. The molecule has 0 aliphatic rings. The highest BCUT2D eigenvalue weighted by Crippen LogP contribution is 2.30. The molecule has 0 radical (unpaired) electrons. The summed E-state index contributed by atoms with van der Waals surface area (Å²) in [5, 5.41) is 2.59. The lowest BCUT2D eigenvalue weighted by molar-refractivity contribution is -0.137. The second-order valence-corrected chi connectivity index (χ2v) is 6.22. The number of fused-ring (bicyclic) bond motifs is 1. The van der Waals surface area contributed by atoms with Gasteiger partial charge in [0, 0.05) is 12.2 Å². The van der Waals surface area contributed by atoms with E-state index in [1.807, 2.05) is 0 Å². The van der Waals surface area contributed by atoms with E-state index >= 15 is 0 Å². The third-order valence-electron chi connectivity index (χ3n) is 4.22. The van der Waals surface area contributed by atoms with E-state index in [4.69, 9.17) is 0 Å². The van der Waals surface area contributed by atoms with Gasteiger partial charge in [0.1, 0.15) is 6.54 Å². The number of halogens is 3. The molecule has 1 heterocycles. The third-order valence-corrected chi connectivity index (χ3v) is 4.22. The molecule has 0 saturated carbocycles. The van der Waals surface area contributed by atoms with Crippen molar-refractivity contribution in [3.05, 3.63) is 87.6 Å². The minimum Gasteiger partial charge on any atom is -0.325 e. The summed E-state index contributed by atoms with van der Waals surface area (Å²) in [6.07, 6.45) is -3.17. The van der Waals surface area contributed by atoms with Gasteiger partial charge in [0.2, 0.25) is 5.91 Å². The van der Waals surface area contributed by atoms with Crippen LogP contribution in [0.4, 0.5) is 18.9 Å². The van der Waals surface area contributed by atoms with Crippen LogP contribution in [0, 0.1) is 0 Å². The van der Waals surface area contributed by atoms with Crippen LogP contribution < -0.4 is 16.6 Å². The fourth-order valence-electron chi connectivity index (χ4n) is 2.93. The Balaban J connectivity index is 1.98. The number of anilines is 1. The molecule has 2 aromatic carbocycles. The van der Waals surface area contributed by atoms with Gasteiger partial charge in [0.15, 0.2) is 0 Å². The fourth-order valence-corrected chi connectivity index (χ4v) is 2.93. The molecule has 0 bridgehead atoms. The summed E-state index contributed by atoms with van der Waals surface area (Å²) in [5.41, 5.74) is -1.94. The lowest BCUT2D eigenvalue weighted by atomic mass is 10.2. The van der Waals surface area contributed by atoms with Crippen molar-refractivity contribution in [1.29, 1.82) is 0 Å². The van der Waals surface area contributed by atoms with Crippen LogP contribution in [0.25, 0.3) is 10.9 Å². The minimum atomic E-state index is -4.55. The summed E-state index contributed by atoms with van der Waals surface area (Å²) < 4.78 is 40.5. The number of hydrogen-bond donors (Lipinski definition) is 1. The van der Waals surface area contributed by atoms with Crippen molar-refractivity contribution in [2.24, 2.45) is 0 Å². The Hall–Kier alpha value is -3.62. The Morgan fingerprint density at radius 1 is 1.07 bits per heavy atom. The SMILES string of the molecule is C=CCn1c(=O)c2ccccc2n(CC(=O)Nc2cccc(C(F)(F)F)c2)c1=O. The van der Waals surface area contributed by atoms with E-state index in [1.54, 1.807) is 12.1 Å². The van der Waals surface area contributed by atoms with E-state index < -0.39 is 35.4 Å². The third kappa shape index (κ3) is 4.13. The molecule has 1 amide bonds. The predicted octanol–water partition coefficient (Wildman–Crippen LogP) is 3.01. The summed E-state index contributed by atoms with van der Waals surface area (Å²) in [6.45, 7) is 2.99. The maximum absolute atomic E-state index is 12.8. The number of carbonyl (C=O) groups is 1. The second kappa shape index (κ2) is 7.78. The van der Waals surface area contributed by atoms with E-state index in [9.17, 15) is 27.6 Å². The van der Waals surface area contributed by atoms with E-state index in [0.717, 1.165) is 21.3 Å². The van der Waals surface area contributed by atoms with Crippen LogP contribution in [-0.2, 0) is 24.1 Å². The molecule has 3 rings (SSSR count).